The minimum atomic E-state index is -0.0303. The van der Waals surface area contributed by atoms with Gasteiger partial charge in [0.15, 0.2) is 16.7 Å². The van der Waals surface area contributed by atoms with Gasteiger partial charge < -0.3 is 19.7 Å². The molecule has 0 bridgehead atoms. The van der Waals surface area contributed by atoms with Crippen LogP contribution in [-0.4, -0.2) is 48.3 Å². The third-order valence-corrected chi connectivity index (χ3v) is 5.31. The summed E-state index contributed by atoms with van der Waals surface area (Å²) in [5, 5.41) is 6.05. The number of carbonyl (C=O) groups is 1. The van der Waals surface area contributed by atoms with Gasteiger partial charge in [-0.15, -0.1) is 0 Å². The van der Waals surface area contributed by atoms with Crippen molar-refractivity contribution in [3.8, 4) is 11.5 Å². The van der Waals surface area contributed by atoms with Gasteiger partial charge in [0.2, 0.25) is 5.91 Å². The minimum Gasteiger partial charge on any atom is -0.486 e. The van der Waals surface area contributed by atoms with E-state index in [1.807, 2.05) is 29.7 Å². The normalized spacial score (nSPS) is 21.3. The Kier molecular flexibility index (Phi) is 4.83. The summed E-state index contributed by atoms with van der Waals surface area (Å²) in [7, 11) is 0. The van der Waals surface area contributed by atoms with Crippen LogP contribution >= 0.6 is 11.8 Å². The molecule has 3 aliphatic heterocycles. The van der Waals surface area contributed by atoms with E-state index in [2.05, 4.69) is 15.2 Å². The van der Waals surface area contributed by atoms with Crippen LogP contribution in [0.3, 0.4) is 0 Å². The first-order valence-corrected chi connectivity index (χ1v) is 9.50. The van der Waals surface area contributed by atoms with Gasteiger partial charge in [0.1, 0.15) is 12.7 Å². The predicted molar refractivity (Wildman–Crippen MR) is 97.9 cm³/mol. The maximum atomic E-state index is 12.2. The van der Waals surface area contributed by atoms with Crippen LogP contribution in [0.5, 0.6) is 11.5 Å². The van der Waals surface area contributed by atoms with Gasteiger partial charge in [0, 0.05) is 31.8 Å². The van der Waals surface area contributed by atoms with Gasteiger partial charge in [-0.25, -0.2) is 0 Å². The summed E-state index contributed by atoms with van der Waals surface area (Å²) in [5.41, 5.74) is 1.05. The Hall–Kier alpha value is -2.15. The van der Waals surface area contributed by atoms with Crippen molar-refractivity contribution < 1.29 is 14.3 Å². The van der Waals surface area contributed by atoms with Crippen LogP contribution in [0.2, 0.25) is 0 Å². The molecule has 4 rings (SSSR count). The van der Waals surface area contributed by atoms with Gasteiger partial charge in [-0.2, -0.15) is 0 Å². The van der Waals surface area contributed by atoms with E-state index in [0.29, 0.717) is 19.6 Å². The summed E-state index contributed by atoms with van der Waals surface area (Å²) >= 11 is 1.61. The Morgan fingerprint density at radius 2 is 2.24 bits per heavy atom. The summed E-state index contributed by atoms with van der Waals surface area (Å²) in [6.45, 7) is 2.94. The molecular formula is C18H21N3O3S. The Morgan fingerprint density at radius 3 is 3.16 bits per heavy atom. The molecule has 1 aromatic rings. The number of amidine groups is 1. The summed E-state index contributed by atoms with van der Waals surface area (Å²) in [6, 6.07) is 7.66. The molecule has 1 amide bonds. The third-order valence-electron chi connectivity index (χ3n) is 4.36. The number of ether oxygens (including phenoxy) is 2. The zero-order valence-electron chi connectivity index (χ0n) is 13.9. The van der Waals surface area contributed by atoms with Crippen molar-refractivity contribution in [1.82, 2.24) is 10.2 Å². The summed E-state index contributed by atoms with van der Waals surface area (Å²) in [5.74, 6) is 1.60. The average Bonchev–Trinajstić information content (AvgIpc) is 3.05. The lowest BCUT2D eigenvalue weighted by Crippen LogP contribution is -2.35. The number of fused-ring (bicyclic) bond motifs is 2. The molecule has 0 aliphatic carbocycles. The molecule has 1 N–H and O–H groups in total. The number of hydrogen-bond donors (Lipinski definition) is 1. The first-order valence-electron chi connectivity index (χ1n) is 8.62. The molecule has 1 atom stereocenters. The van der Waals surface area contributed by atoms with Crippen molar-refractivity contribution in [2.45, 2.75) is 25.4 Å². The van der Waals surface area contributed by atoms with E-state index in [-0.39, 0.29) is 12.0 Å². The van der Waals surface area contributed by atoms with Gasteiger partial charge in [0.25, 0.3) is 0 Å². The van der Waals surface area contributed by atoms with E-state index in [4.69, 9.17) is 9.47 Å². The number of hydrogen-bond acceptors (Lipinski definition) is 6. The number of nitrogens with one attached hydrogen (secondary N) is 1. The van der Waals surface area contributed by atoms with Crippen molar-refractivity contribution >= 4 is 22.8 Å². The molecule has 6 nitrogen and oxygen atoms in total. The van der Waals surface area contributed by atoms with Gasteiger partial charge in [-0.1, -0.05) is 23.9 Å². The predicted octanol–water partition coefficient (Wildman–Crippen LogP) is 2.37. The highest BCUT2D eigenvalue weighted by atomic mass is 32.2. The zero-order chi connectivity index (χ0) is 17.1. The summed E-state index contributed by atoms with van der Waals surface area (Å²) in [6.07, 6.45) is 2.14. The van der Waals surface area contributed by atoms with Crippen molar-refractivity contribution in [1.29, 1.82) is 0 Å². The van der Waals surface area contributed by atoms with Crippen LogP contribution in [0, 0.1) is 0 Å². The van der Waals surface area contributed by atoms with Crippen LogP contribution in [-0.2, 0) is 4.79 Å². The maximum Gasteiger partial charge on any atom is 0.225 e. The van der Waals surface area contributed by atoms with Crippen LogP contribution in [0.4, 0.5) is 0 Å². The molecule has 0 spiro atoms. The highest BCUT2D eigenvalue weighted by molar-refractivity contribution is 8.16. The van der Waals surface area contributed by atoms with Gasteiger partial charge in [-0.3, -0.25) is 9.79 Å². The minimum absolute atomic E-state index is 0.0303. The van der Waals surface area contributed by atoms with Gasteiger partial charge >= 0.3 is 0 Å². The van der Waals surface area contributed by atoms with E-state index in [9.17, 15) is 4.79 Å². The van der Waals surface area contributed by atoms with Crippen molar-refractivity contribution in [3.05, 3.63) is 35.4 Å². The molecule has 1 aromatic carbocycles. The van der Waals surface area contributed by atoms with E-state index >= 15 is 0 Å². The molecule has 0 unspecified atom stereocenters. The van der Waals surface area contributed by atoms with Crippen LogP contribution < -0.4 is 14.8 Å². The average molecular weight is 359 g/mol. The van der Waals surface area contributed by atoms with Crippen LogP contribution in [0.1, 0.15) is 19.3 Å². The second-order valence-corrected chi connectivity index (χ2v) is 7.05. The third kappa shape index (κ3) is 3.76. The van der Waals surface area contributed by atoms with Crippen molar-refractivity contribution in [2.24, 2.45) is 4.99 Å². The molecule has 7 heteroatoms. The van der Waals surface area contributed by atoms with E-state index in [1.165, 1.54) is 0 Å². The highest BCUT2D eigenvalue weighted by Gasteiger charge is 2.26. The Labute approximate surface area is 151 Å². The number of amides is 1. The summed E-state index contributed by atoms with van der Waals surface area (Å²) in [4.78, 5) is 18.9. The number of nitrogens with zero attached hydrogens (tertiary/aromatic N) is 2. The molecular weight excluding hydrogens is 338 g/mol. The van der Waals surface area contributed by atoms with E-state index in [0.717, 1.165) is 48.3 Å². The lowest BCUT2D eigenvalue weighted by Gasteiger charge is -2.26. The van der Waals surface area contributed by atoms with Crippen LogP contribution in [0.25, 0.3) is 0 Å². The Bertz CT molecular complexity index is 719. The largest absolute Gasteiger partial charge is 0.486 e. The molecule has 132 valence electrons. The highest BCUT2D eigenvalue weighted by Crippen LogP contribution is 2.32. The fraction of sp³-hybridized carbons (Fsp3) is 0.444. The molecule has 0 fully saturated rings. The molecule has 3 aliphatic rings. The maximum absolute atomic E-state index is 12.2. The van der Waals surface area contributed by atoms with E-state index < -0.39 is 0 Å². The Morgan fingerprint density at radius 1 is 1.36 bits per heavy atom. The van der Waals surface area contributed by atoms with Gasteiger partial charge in [0.05, 0.1) is 6.42 Å². The molecule has 3 heterocycles. The second-order valence-electron chi connectivity index (χ2n) is 6.21. The monoisotopic (exact) mass is 359 g/mol. The molecule has 25 heavy (non-hydrogen) atoms. The number of thioether (sulfide) groups is 1. The number of aliphatic imine (C=N–C) groups is 1. The molecule has 0 radical (unpaired) electrons. The van der Waals surface area contributed by atoms with Crippen molar-refractivity contribution in [2.75, 3.05) is 26.2 Å². The van der Waals surface area contributed by atoms with E-state index in [1.54, 1.807) is 11.8 Å². The fourth-order valence-electron chi connectivity index (χ4n) is 3.08. The molecule has 0 aromatic heterocycles. The number of carbonyl (C=O) groups excluding carboxylic acids is 1. The standard InChI is InChI=1S/C18H21N3O3S/c22-17(10-13-12-25-18-20-7-3-9-21(13)18)19-8-6-14-11-23-15-4-1-2-5-16(15)24-14/h1-2,4-5,12,14H,3,6-11H2,(H,19,22)/t14-/m0/s1. The number of para-hydroxylation sites is 2. The summed E-state index contributed by atoms with van der Waals surface area (Å²) < 4.78 is 11.6. The van der Waals surface area contributed by atoms with Crippen LogP contribution in [0.15, 0.2) is 40.4 Å². The topological polar surface area (TPSA) is 63.2 Å². The first-order chi connectivity index (χ1) is 12.3. The second kappa shape index (κ2) is 7.39. The molecule has 0 saturated heterocycles. The number of rotatable bonds is 5. The molecule has 0 saturated carbocycles. The first kappa shape index (κ1) is 16.3. The van der Waals surface area contributed by atoms with Gasteiger partial charge in [-0.05, 0) is 24.0 Å². The lowest BCUT2D eigenvalue weighted by atomic mass is 10.2. The Balaban J connectivity index is 1.21. The quantitative estimate of drug-likeness (QED) is 0.874. The number of benzene rings is 1. The smallest absolute Gasteiger partial charge is 0.225 e. The SMILES string of the molecule is O=C(CC1=CSC2=NCCCN12)NCC[C@H]1COc2ccccc2O1. The fourth-order valence-corrected chi connectivity index (χ4v) is 4.03. The lowest BCUT2D eigenvalue weighted by molar-refractivity contribution is -0.120. The zero-order valence-corrected chi connectivity index (χ0v) is 14.8. The van der Waals surface area contributed by atoms with Crippen molar-refractivity contribution in [3.63, 3.8) is 0 Å².